The normalized spacial score (nSPS) is 21.3. The van der Waals surface area contributed by atoms with E-state index in [0.29, 0.717) is 5.69 Å². The second kappa shape index (κ2) is 5.90. The van der Waals surface area contributed by atoms with Crippen LogP contribution in [0.3, 0.4) is 0 Å². The van der Waals surface area contributed by atoms with E-state index in [4.69, 9.17) is 0 Å². The number of benzene rings is 1. The molecule has 22 heavy (non-hydrogen) atoms. The number of nitrogens with zero attached hydrogens (tertiary/aromatic N) is 2. The van der Waals surface area contributed by atoms with E-state index in [9.17, 15) is 15.0 Å². The van der Waals surface area contributed by atoms with Crippen LogP contribution in [0.15, 0.2) is 30.3 Å². The molecule has 3 N–H and O–H groups in total. The van der Waals surface area contributed by atoms with Crippen molar-refractivity contribution < 1.29 is 15.0 Å². The molecule has 0 unspecified atom stereocenters. The van der Waals surface area contributed by atoms with Crippen LogP contribution in [-0.2, 0) is 6.42 Å². The van der Waals surface area contributed by atoms with E-state index in [-0.39, 0.29) is 19.1 Å². The van der Waals surface area contributed by atoms with Gasteiger partial charge in [-0.05, 0) is 18.6 Å². The maximum atomic E-state index is 12.3. The van der Waals surface area contributed by atoms with Crippen LogP contribution in [0.2, 0.25) is 0 Å². The number of carbonyl (C=O) groups excluding carboxylic acids is 1. The zero-order chi connectivity index (χ0) is 15.7. The Morgan fingerprint density at radius 2 is 2.00 bits per heavy atom. The Hall–Kier alpha value is -2.18. The van der Waals surface area contributed by atoms with Crippen molar-refractivity contribution in [2.75, 3.05) is 18.4 Å². The molecule has 0 saturated carbocycles. The van der Waals surface area contributed by atoms with Crippen LogP contribution in [0, 0.1) is 0 Å². The topological polar surface area (TPSA) is 85.7 Å². The number of aliphatic hydroxyl groups is 2. The summed E-state index contributed by atoms with van der Waals surface area (Å²) in [6, 6.07) is 9.17. The highest BCUT2D eigenvalue weighted by Crippen LogP contribution is 2.24. The van der Waals surface area contributed by atoms with Crippen LogP contribution in [-0.4, -0.2) is 51.4 Å². The number of carbonyl (C=O) groups is 1. The van der Waals surface area contributed by atoms with Crippen LogP contribution in [0.25, 0.3) is 10.9 Å². The summed E-state index contributed by atoms with van der Waals surface area (Å²) >= 11 is 0. The number of likely N-dealkylation sites (tertiary alicyclic amines) is 1. The summed E-state index contributed by atoms with van der Waals surface area (Å²) in [5.74, 6) is 0. The molecule has 1 aromatic heterocycles. The molecule has 1 saturated heterocycles. The van der Waals surface area contributed by atoms with Crippen LogP contribution in [0.5, 0.6) is 0 Å². The second-order valence-electron chi connectivity index (χ2n) is 5.50. The molecule has 1 aromatic carbocycles. The molecule has 0 bridgehead atoms. The molecule has 0 spiro atoms. The number of aryl methyl sites for hydroxylation is 1. The third-order valence-corrected chi connectivity index (χ3v) is 3.92. The number of hydrogen-bond donors (Lipinski definition) is 3. The van der Waals surface area contributed by atoms with Crippen molar-refractivity contribution >= 4 is 22.6 Å². The van der Waals surface area contributed by atoms with Gasteiger partial charge in [0.25, 0.3) is 0 Å². The van der Waals surface area contributed by atoms with Gasteiger partial charge in [-0.3, -0.25) is 4.98 Å². The van der Waals surface area contributed by atoms with Gasteiger partial charge in [-0.15, -0.1) is 0 Å². The number of fused-ring (bicyclic) bond motifs is 1. The molecule has 3 rings (SSSR count). The van der Waals surface area contributed by atoms with Crippen LogP contribution < -0.4 is 5.32 Å². The Bertz CT molecular complexity index is 694. The first-order chi connectivity index (χ1) is 10.6. The third-order valence-electron chi connectivity index (χ3n) is 3.92. The van der Waals surface area contributed by atoms with E-state index in [1.54, 1.807) is 0 Å². The molecule has 0 radical (unpaired) electrons. The lowest BCUT2D eigenvalue weighted by atomic mass is 10.1. The number of pyridine rings is 1. The Morgan fingerprint density at radius 1 is 1.32 bits per heavy atom. The smallest absolute Gasteiger partial charge is 0.322 e. The summed E-state index contributed by atoms with van der Waals surface area (Å²) < 4.78 is 0. The number of amides is 2. The molecule has 2 aromatic rings. The van der Waals surface area contributed by atoms with Crippen molar-refractivity contribution in [3.63, 3.8) is 0 Å². The van der Waals surface area contributed by atoms with Gasteiger partial charge in [0, 0.05) is 11.1 Å². The summed E-state index contributed by atoms with van der Waals surface area (Å²) in [6.07, 6.45) is -0.994. The van der Waals surface area contributed by atoms with Gasteiger partial charge in [0.15, 0.2) is 0 Å². The molecule has 0 aliphatic carbocycles. The van der Waals surface area contributed by atoms with E-state index in [1.807, 2.05) is 37.3 Å². The number of anilines is 1. The number of aromatic nitrogens is 1. The third kappa shape index (κ3) is 2.75. The molecule has 1 fully saturated rings. The van der Waals surface area contributed by atoms with Crippen LogP contribution >= 0.6 is 0 Å². The van der Waals surface area contributed by atoms with Gasteiger partial charge in [0.1, 0.15) is 0 Å². The Balaban J connectivity index is 1.88. The summed E-state index contributed by atoms with van der Waals surface area (Å²) in [6.45, 7) is 2.28. The minimum atomic E-state index is -0.883. The molecule has 2 amide bonds. The van der Waals surface area contributed by atoms with Gasteiger partial charge < -0.3 is 20.4 Å². The minimum Gasteiger partial charge on any atom is -0.388 e. The molecule has 116 valence electrons. The lowest BCUT2D eigenvalue weighted by molar-refractivity contribution is 0.0572. The predicted molar refractivity (Wildman–Crippen MR) is 83.7 cm³/mol. The first kappa shape index (κ1) is 14.7. The zero-order valence-electron chi connectivity index (χ0n) is 12.4. The highest BCUT2D eigenvalue weighted by molar-refractivity contribution is 6.00. The highest BCUT2D eigenvalue weighted by Gasteiger charge is 2.32. The lowest BCUT2D eigenvalue weighted by Crippen LogP contribution is -2.34. The Labute approximate surface area is 128 Å². The maximum Gasteiger partial charge on any atom is 0.322 e. The maximum absolute atomic E-state index is 12.3. The van der Waals surface area contributed by atoms with E-state index < -0.39 is 12.2 Å². The van der Waals surface area contributed by atoms with E-state index >= 15 is 0 Å². The number of nitrogens with one attached hydrogen (secondary N) is 1. The fourth-order valence-corrected chi connectivity index (χ4v) is 2.64. The summed E-state index contributed by atoms with van der Waals surface area (Å²) in [5, 5.41) is 22.8. The van der Waals surface area contributed by atoms with Crippen molar-refractivity contribution in [1.82, 2.24) is 9.88 Å². The summed E-state index contributed by atoms with van der Waals surface area (Å²) in [4.78, 5) is 18.3. The fraction of sp³-hybridized carbons (Fsp3) is 0.375. The number of urea groups is 1. The van der Waals surface area contributed by atoms with Crippen molar-refractivity contribution in [2.24, 2.45) is 0 Å². The van der Waals surface area contributed by atoms with Gasteiger partial charge in [-0.1, -0.05) is 25.1 Å². The molecule has 1 aliphatic heterocycles. The molecule has 1 aliphatic rings. The number of para-hydroxylation sites is 1. The van der Waals surface area contributed by atoms with Crippen molar-refractivity contribution in [1.29, 1.82) is 0 Å². The van der Waals surface area contributed by atoms with Crippen molar-refractivity contribution in [2.45, 2.75) is 25.6 Å². The highest BCUT2D eigenvalue weighted by atomic mass is 16.3. The molecule has 2 heterocycles. The Morgan fingerprint density at radius 3 is 2.68 bits per heavy atom. The average Bonchev–Trinajstić information content (AvgIpc) is 2.86. The van der Waals surface area contributed by atoms with Crippen LogP contribution in [0.1, 0.15) is 12.6 Å². The molecule has 6 nitrogen and oxygen atoms in total. The number of β-amino-alcohol motifs (C(OH)–C–C–N with tert-alkyl or cyclic N) is 2. The second-order valence-corrected chi connectivity index (χ2v) is 5.50. The van der Waals surface area contributed by atoms with Crippen molar-refractivity contribution in [3.8, 4) is 0 Å². The van der Waals surface area contributed by atoms with E-state index in [0.717, 1.165) is 23.0 Å². The SMILES string of the molecule is CCc1cc(NC(=O)N2C[C@@H](O)[C@@H](O)C2)c2ccccc2n1. The number of aliphatic hydroxyl groups excluding tert-OH is 2. The van der Waals surface area contributed by atoms with E-state index in [1.165, 1.54) is 4.90 Å². The number of hydrogen-bond acceptors (Lipinski definition) is 4. The van der Waals surface area contributed by atoms with Crippen LogP contribution in [0.4, 0.5) is 10.5 Å². The van der Waals surface area contributed by atoms with Gasteiger partial charge >= 0.3 is 6.03 Å². The van der Waals surface area contributed by atoms with Gasteiger partial charge in [0.05, 0.1) is 36.5 Å². The number of rotatable bonds is 2. The molecule has 6 heteroatoms. The zero-order valence-corrected chi connectivity index (χ0v) is 12.4. The lowest BCUT2D eigenvalue weighted by Gasteiger charge is -2.17. The standard InChI is InChI=1S/C16H19N3O3/c1-2-10-7-13(11-5-3-4-6-12(11)17-10)18-16(22)19-8-14(20)15(21)9-19/h3-7,14-15,20-21H,2,8-9H2,1H3,(H,17,18,22)/t14-,15+. The van der Waals surface area contributed by atoms with Gasteiger partial charge in [0.2, 0.25) is 0 Å². The quantitative estimate of drug-likeness (QED) is 0.782. The van der Waals surface area contributed by atoms with Gasteiger partial charge in [-0.2, -0.15) is 0 Å². The van der Waals surface area contributed by atoms with E-state index in [2.05, 4.69) is 10.3 Å². The van der Waals surface area contributed by atoms with Gasteiger partial charge in [-0.25, -0.2) is 4.79 Å². The van der Waals surface area contributed by atoms with Crippen molar-refractivity contribution in [3.05, 3.63) is 36.0 Å². The average molecular weight is 301 g/mol. The molecular formula is C16H19N3O3. The Kier molecular flexibility index (Phi) is 3.96. The summed E-state index contributed by atoms with van der Waals surface area (Å²) in [7, 11) is 0. The largest absolute Gasteiger partial charge is 0.388 e. The molecular weight excluding hydrogens is 282 g/mol. The monoisotopic (exact) mass is 301 g/mol. The first-order valence-electron chi connectivity index (χ1n) is 7.39. The minimum absolute atomic E-state index is 0.136. The first-order valence-corrected chi connectivity index (χ1v) is 7.39. The summed E-state index contributed by atoms with van der Waals surface area (Å²) in [5.41, 5.74) is 2.43. The molecule has 2 atom stereocenters. The fourth-order valence-electron chi connectivity index (χ4n) is 2.64. The predicted octanol–water partition coefficient (Wildman–Crippen LogP) is 1.37.